The van der Waals surface area contributed by atoms with Crippen LogP contribution in [0.5, 0.6) is 0 Å². The molecule has 10 nitrogen and oxygen atoms in total. The summed E-state index contributed by atoms with van der Waals surface area (Å²) in [6, 6.07) is 12.5. The number of urea groups is 1. The van der Waals surface area contributed by atoms with Gasteiger partial charge in [0, 0.05) is 50.2 Å². The number of pyridine rings is 1. The molecule has 2 aliphatic heterocycles. The van der Waals surface area contributed by atoms with Gasteiger partial charge in [-0.3, -0.25) is 0 Å². The first-order valence-corrected chi connectivity index (χ1v) is 14.5. The van der Waals surface area contributed by atoms with Crippen LogP contribution in [-0.4, -0.2) is 88.0 Å². The van der Waals surface area contributed by atoms with Crippen LogP contribution in [0.3, 0.4) is 0 Å². The predicted molar refractivity (Wildman–Crippen MR) is 156 cm³/mol. The van der Waals surface area contributed by atoms with Crippen molar-refractivity contribution >= 4 is 39.4 Å². The Balaban J connectivity index is 1.30. The third kappa shape index (κ3) is 4.85. The molecular weight excluding hydrogens is 543 g/mol. The lowest BCUT2D eigenvalue weighted by molar-refractivity contribution is 0.0145. The Bertz CT molecular complexity index is 1650. The summed E-state index contributed by atoms with van der Waals surface area (Å²) in [5.74, 6) is -0.339. The number of β-amino-alcohol motifs (C(OH)–C–C–N with tert-alkyl or cyclic N) is 1. The first kappa shape index (κ1) is 27.0. The molecule has 12 heteroatoms. The van der Waals surface area contributed by atoms with E-state index in [-0.39, 0.29) is 11.8 Å². The fourth-order valence-corrected chi connectivity index (χ4v) is 6.36. The summed E-state index contributed by atoms with van der Waals surface area (Å²) in [4.78, 5) is 25.8. The van der Waals surface area contributed by atoms with E-state index in [9.17, 15) is 19.6 Å². The molecule has 5 heterocycles. The largest absolute Gasteiger partial charge is 0.389 e. The molecule has 2 fully saturated rings. The minimum atomic E-state index is -0.406. The van der Waals surface area contributed by atoms with Gasteiger partial charge in [-0.15, -0.1) is 0 Å². The van der Waals surface area contributed by atoms with Gasteiger partial charge in [-0.05, 0) is 49.7 Å². The number of carbonyl (C=O) groups excluding carboxylic acids is 1. The van der Waals surface area contributed by atoms with E-state index in [2.05, 4.69) is 30.0 Å². The van der Waals surface area contributed by atoms with Crippen molar-refractivity contribution in [3.8, 4) is 17.3 Å². The maximum Gasteiger partial charge on any atom is 0.320 e. The molecule has 0 atom stereocenters. The van der Waals surface area contributed by atoms with Crippen LogP contribution in [0.25, 0.3) is 16.8 Å². The number of aromatic nitrogens is 3. The number of piperazine rings is 1. The van der Waals surface area contributed by atoms with Crippen molar-refractivity contribution in [2.75, 3.05) is 56.1 Å². The quantitative estimate of drug-likeness (QED) is 0.384. The Hall–Kier alpha value is -4.21. The fourth-order valence-electron chi connectivity index (χ4n) is 5.51. The zero-order chi connectivity index (χ0) is 28.8. The van der Waals surface area contributed by atoms with Crippen LogP contribution in [0, 0.1) is 24.1 Å². The summed E-state index contributed by atoms with van der Waals surface area (Å²) >= 11 is 1.30. The number of thiazole rings is 1. The molecular formula is C29H31FN8O2S. The van der Waals surface area contributed by atoms with Crippen LogP contribution in [0.15, 0.2) is 36.4 Å². The molecule has 0 radical (unpaired) electrons. The molecule has 0 aliphatic carbocycles. The van der Waals surface area contributed by atoms with Crippen molar-refractivity contribution in [1.29, 1.82) is 5.26 Å². The number of aliphatic hydroxyl groups excluding tert-OH is 1. The number of aryl methyl sites for hydroxylation is 2. The molecule has 2 saturated heterocycles. The summed E-state index contributed by atoms with van der Waals surface area (Å²) < 4.78 is 15.5. The molecule has 1 aromatic carbocycles. The van der Waals surface area contributed by atoms with Gasteiger partial charge in [-0.25, -0.2) is 18.7 Å². The molecule has 1 N–H and O–H groups in total. The maximum atomic E-state index is 13.5. The van der Waals surface area contributed by atoms with Gasteiger partial charge in [0.25, 0.3) is 0 Å². The number of amides is 2. The molecule has 2 amide bonds. The maximum absolute atomic E-state index is 13.5. The van der Waals surface area contributed by atoms with E-state index in [4.69, 9.17) is 10.1 Å². The van der Waals surface area contributed by atoms with Crippen molar-refractivity contribution in [2.24, 2.45) is 0 Å². The monoisotopic (exact) mass is 574 g/mol. The van der Waals surface area contributed by atoms with E-state index in [1.54, 1.807) is 17.0 Å². The summed E-state index contributed by atoms with van der Waals surface area (Å²) in [5.41, 5.74) is 6.04. The van der Waals surface area contributed by atoms with Gasteiger partial charge in [0.2, 0.25) is 0 Å². The highest BCUT2D eigenvalue weighted by atomic mass is 32.1. The molecule has 2 aliphatic rings. The SMILES string of the molecule is CCc1nn2c(C)cc(N3CCN(C(=O)N4CC(O)C4)CC3)cc2c1N(C)c1nc(-c2ccc(F)cc2)c(C#N)s1. The van der Waals surface area contributed by atoms with Gasteiger partial charge in [0.1, 0.15) is 22.5 Å². The number of carbonyl (C=O) groups is 1. The first-order valence-electron chi connectivity index (χ1n) is 13.7. The second-order valence-corrected chi connectivity index (χ2v) is 11.4. The zero-order valence-corrected chi connectivity index (χ0v) is 24.0. The van der Waals surface area contributed by atoms with Gasteiger partial charge in [-0.2, -0.15) is 10.4 Å². The van der Waals surface area contributed by atoms with Crippen LogP contribution < -0.4 is 9.80 Å². The topological polar surface area (TPSA) is 104 Å². The molecule has 0 spiro atoms. The number of aliphatic hydroxyl groups is 1. The van der Waals surface area contributed by atoms with E-state index in [1.165, 1.54) is 23.5 Å². The number of nitrogens with zero attached hydrogens (tertiary/aromatic N) is 8. The fraction of sp³-hybridized carbons (Fsp3) is 0.379. The van der Waals surface area contributed by atoms with Crippen LogP contribution in [0.2, 0.25) is 0 Å². The molecule has 4 aromatic rings. The van der Waals surface area contributed by atoms with E-state index in [1.807, 2.05) is 28.3 Å². The number of anilines is 3. The number of benzene rings is 1. The highest BCUT2D eigenvalue weighted by Gasteiger charge is 2.33. The van der Waals surface area contributed by atoms with E-state index < -0.39 is 6.10 Å². The number of nitriles is 1. The number of hydrogen-bond acceptors (Lipinski definition) is 8. The van der Waals surface area contributed by atoms with E-state index in [0.717, 1.165) is 28.3 Å². The van der Waals surface area contributed by atoms with Gasteiger partial charge in [-0.1, -0.05) is 18.3 Å². The molecule has 0 saturated carbocycles. The lowest BCUT2D eigenvalue weighted by Gasteiger charge is -2.42. The number of rotatable bonds is 5. The van der Waals surface area contributed by atoms with Gasteiger partial charge in [0.05, 0.1) is 36.1 Å². The summed E-state index contributed by atoms with van der Waals surface area (Å²) in [5, 5.41) is 24.9. The Morgan fingerprint density at radius 1 is 1.17 bits per heavy atom. The first-order chi connectivity index (χ1) is 19.8. The third-order valence-electron chi connectivity index (χ3n) is 7.78. The minimum absolute atomic E-state index is 0.00550. The summed E-state index contributed by atoms with van der Waals surface area (Å²) in [6.07, 6.45) is 0.306. The van der Waals surface area contributed by atoms with Gasteiger partial charge in [0.15, 0.2) is 5.13 Å². The van der Waals surface area contributed by atoms with Crippen molar-refractivity contribution in [3.05, 3.63) is 58.5 Å². The van der Waals surface area contributed by atoms with Crippen molar-refractivity contribution in [3.63, 3.8) is 0 Å². The number of fused-ring (bicyclic) bond motifs is 1. The Labute approximate surface area is 241 Å². The Kier molecular flexibility index (Phi) is 7.01. The average Bonchev–Trinajstić information content (AvgIpc) is 3.57. The van der Waals surface area contributed by atoms with E-state index >= 15 is 0 Å². The Morgan fingerprint density at radius 2 is 1.88 bits per heavy atom. The van der Waals surface area contributed by atoms with Crippen molar-refractivity contribution in [2.45, 2.75) is 26.4 Å². The van der Waals surface area contributed by atoms with Crippen molar-refractivity contribution in [1.82, 2.24) is 24.4 Å². The van der Waals surface area contributed by atoms with E-state index in [0.29, 0.717) is 67.0 Å². The minimum Gasteiger partial charge on any atom is -0.389 e. The third-order valence-corrected chi connectivity index (χ3v) is 8.82. The van der Waals surface area contributed by atoms with Crippen LogP contribution in [0.4, 0.5) is 25.7 Å². The second-order valence-electron chi connectivity index (χ2n) is 10.5. The molecule has 3 aromatic heterocycles. The van der Waals surface area contributed by atoms with Crippen LogP contribution in [-0.2, 0) is 6.42 Å². The van der Waals surface area contributed by atoms with Gasteiger partial charge < -0.3 is 24.7 Å². The Morgan fingerprint density at radius 3 is 2.51 bits per heavy atom. The average molecular weight is 575 g/mol. The number of likely N-dealkylation sites (tertiary alicyclic amines) is 1. The predicted octanol–water partition coefficient (Wildman–Crippen LogP) is 4.03. The molecule has 6 rings (SSSR count). The summed E-state index contributed by atoms with van der Waals surface area (Å²) in [7, 11) is 1.93. The number of halogens is 1. The highest BCUT2D eigenvalue weighted by molar-refractivity contribution is 7.16. The molecule has 0 unspecified atom stereocenters. The highest BCUT2D eigenvalue weighted by Crippen LogP contribution is 2.39. The standard InChI is InChI=1S/C29H31FN8O2S/c1-4-23-27(34(3)28-32-26(25(15-31)41-28)19-5-7-20(30)8-6-19)24-14-21(13-18(2)38(24)33-23)35-9-11-36(12-10-35)29(40)37-16-22(39)17-37/h5-8,13-14,22,39H,4,9-12,16-17H2,1-3H3. The van der Waals surface area contributed by atoms with Crippen LogP contribution >= 0.6 is 11.3 Å². The molecule has 0 bridgehead atoms. The summed E-state index contributed by atoms with van der Waals surface area (Å²) in [6.45, 7) is 7.56. The lowest BCUT2D eigenvalue weighted by atomic mass is 10.1. The number of hydrogen-bond donors (Lipinski definition) is 1. The zero-order valence-electron chi connectivity index (χ0n) is 23.2. The molecule has 212 valence electrons. The van der Waals surface area contributed by atoms with Crippen LogP contribution in [0.1, 0.15) is 23.2 Å². The van der Waals surface area contributed by atoms with Gasteiger partial charge >= 0.3 is 6.03 Å². The smallest absolute Gasteiger partial charge is 0.320 e. The normalized spacial score (nSPS) is 15.8. The second kappa shape index (κ2) is 10.6. The lowest BCUT2D eigenvalue weighted by Crippen LogP contribution is -2.60. The van der Waals surface area contributed by atoms with Crippen molar-refractivity contribution < 1.29 is 14.3 Å². The molecule has 41 heavy (non-hydrogen) atoms.